The number of phenols is 1. The second kappa shape index (κ2) is 6.01. The monoisotopic (exact) mass is 340 g/mol. The smallest absolute Gasteiger partial charge is 0.161 e. The van der Waals surface area contributed by atoms with E-state index in [1.54, 1.807) is 21.3 Å². The Morgan fingerprint density at radius 2 is 1.60 bits per heavy atom. The van der Waals surface area contributed by atoms with Crippen LogP contribution in [0.25, 0.3) is 12.3 Å². The van der Waals surface area contributed by atoms with Crippen LogP contribution >= 0.6 is 0 Å². The van der Waals surface area contributed by atoms with Gasteiger partial charge < -0.3 is 19.3 Å². The van der Waals surface area contributed by atoms with Gasteiger partial charge in [-0.25, -0.2) is 0 Å². The molecule has 0 saturated heterocycles. The van der Waals surface area contributed by atoms with Crippen LogP contribution < -0.4 is 29.5 Å². The van der Waals surface area contributed by atoms with E-state index in [0.29, 0.717) is 5.75 Å². The number of benzene rings is 2. The van der Waals surface area contributed by atoms with Crippen molar-refractivity contribution in [2.75, 3.05) is 27.9 Å². The van der Waals surface area contributed by atoms with Crippen LogP contribution in [0.4, 0.5) is 0 Å². The highest BCUT2D eigenvalue weighted by molar-refractivity contribution is 5.54. The van der Waals surface area contributed by atoms with Crippen LogP contribution in [0.2, 0.25) is 0 Å². The summed E-state index contributed by atoms with van der Waals surface area (Å²) in [7, 11) is 4.89. The highest BCUT2D eigenvalue weighted by Gasteiger charge is 2.31. The summed E-state index contributed by atoms with van der Waals surface area (Å²) < 4.78 is 16.2. The van der Waals surface area contributed by atoms with Crippen LogP contribution in [0.1, 0.15) is 17.2 Å². The fraction of sp³-hybridized carbons (Fsp3) is 0.300. The van der Waals surface area contributed by atoms with Crippen LogP contribution in [0.3, 0.4) is 0 Å². The molecule has 0 bridgehead atoms. The first-order valence-corrected chi connectivity index (χ1v) is 8.35. The van der Waals surface area contributed by atoms with E-state index >= 15 is 0 Å². The van der Waals surface area contributed by atoms with E-state index in [4.69, 9.17) is 14.2 Å². The highest BCUT2D eigenvalue weighted by atomic mass is 16.5. The van der Waals surface area contributed by atoms with Gasteiger partial charge in [0.1, 0.15) is 12.2 Å². The lowest BCUT2D eigenvalue weighted by atomic mass is 9.90. The average Bonchev–Trinajstić information content (AvgIpc) is 2.64. The maximum atomic E-state index is 10.1. The van der Waals surface area contributed by atoms with Gasteiger partial charge in [0.2, 0.25) is 0 Å². The molecule has 5 nitrogen and oxygen atoms in total. The Morgan fingerprint density at radius 1 is 0.920 bits per heavy atom. The lowest BCUT2D eigenvalue weighted by Crippen LogP contribution is -3.09. The van der Waals surface area contributed by atoms with Crippen LogP contribution in [-0.4, -0.2) is 33.0 Å². The molecule has 2 aromatic carbocycles. The molecule has 0 saturated carbocycles. The first-order valence-electron chi connectivity index (χ1n) is 8.35. The van der Waals surface area contributed by atoms with Crippen molar-refractivity contribution in [3.8, 4) is 23.0 Å². The number of hydrogen-bond acceptors (Lipinski definition) is 4. The predicted octanol–water partition coefficient (Wildman–Crippen LogP) is 0.132. The highest BCUT2D eigenvalue weighted by Crippen LogP contribution is 2.34. The Hall–Kier alpha value is -2.66. The molecule has 5 heteroatoms. The van der Waals surface area contributed by atoms with Crippen LogP contribution in [0.15, 0.2) is 24.3 Å². The van der Waals surface area contributed by atoms with Gasteiger partial charge in [-0.15, -0.1) is 0 Å². The number of hydrogen-bond donors (Lipinski definition) is 2. The van der Waals surface area contributed by atoms with E-state index in [1.165, 1.54) is 16.0 Å². The molecule has 2 aromatic rings. The van der Waals surface area contributed by atoms with E-state index in [0.717, 1.165) is 34.9 Å². The second-order valence-corrected chi connectivity index (χ2v) is 6.42. The third-order valence-electron chi connectivity index (χ3n) is 5.13. The quantitative estimate of drug-likeness (QED) is 0.834. The van der Waals surface area contributed by atoms with E-state index in [2.05, 4.69) is 12.3 Å². The first kappa shape index (κ1) is 15.8. The minimum atomic E-state index is 0.198. The van der Waals surface area contributed by atoms with Gasteiger partial charge in [0.25, 0.3) is 0 Å². The number of nitrogens with one attached hydrogen (secondary N) is 1. The molecule has 25 heavy (non-hydrogen) atoms. The molecule has 2 atom stereocenters. The summed E-state index contributed by atoms with van der Waals surface area (Å²) >= 11 is 0. The zero-order valence-corrected chi connectivity index (χ0v) is 14.6. The Morgan fingerprint density at radius 3 is 2.28 bits per heavy atom. The van der Waals surface area contributed by atoms with Gasteiger partial charge in [-0.3, -0.25) is 4.90 Å². The van der Waals surface area contributed by atoms with E-state index < -0.39 is 0 Å². The van der Waals surface area contributed by atoms with Crippen LogP contribution in [0.5, 0.6) is 23.0 Å². The Labute approximate surface area is 146 Å². The number of rotatable bonds is 3. The van der Waals surface area contributed by atoms with Crippen molar-refractivity contribution in [3.05, 3.63) is 45.8 Å². The van der Waals surface area contributed by atoms with Crippen molar-refractivity contribution < 1.29 is 24.2 Å². The van der Waals surface area contributed by atoms with E-state index in [-0.39, 0.29) is 11.8 Å². The number of aromatic hydroxyl groups is 1. The minimum absolute atomic E-state index is 0.198. The topological polar surface area (TPSA) is 52.4 Å². The molecule has 0 fully saturated rings. The molecule has 2 heterocycles. The lowest BCUT2D eigenvalue weighted by Gasteiger charge is -2.32. The van der Waals surface area contributed by atoms with Gasteiger partial charge in [-0.05, 0) is 41.1 Å². The standard InChI is InChI=1S/C20H21NO4/c1-23-18-10-15-12(7-17(18)22)4-5-21-11-14-9-20(25-3)19(24-2)8-13(14)6-16(15)21/h6-11,16,22H,4-5H2,1-3H3/p+1. The van der Waals surface area contributed by atoms with Gasteiger partial charge >= 0.3 is 0 Å². The van der Waals surface area contributed by atoms with Crippen LogP contribution in [0, 0.1) is 0 Å². The molecule has 130 valence electrons. The van der Waals surface area contributed by atoms with E-state index in [9.17, 15) is 5.11 Å². The molecule has 4 rings (SSSR count). The lowest BCUT2D eigenvalue weighted by molar-refractivity contribution is -0.844. The molecule has 2 N–H and O–H groups in total. The summed E-state index contributed by atoms with van der Waals surface area (Å²) in [6.45, 7) is 0.980. The third-order valence-corrected chi connectivity index (χ3v) is 5.13. The van der Waals surface area contributed by atoms with Gasteiger partial charge in [-0.2, -0.15) is 0 Å². The molecular formula is C20H22NO4+. The van der Waals surface area contributed by atoms with E-state index in [1.807, 2.05) is 24.3 Å². The largest absolute Gasteiger partial charge is 0.504 e. The normalized spacial score (nSPS) is 20.3. The Kier molecular flexibility index (Phi) is 3.81. The molecule has 0 radical (unpaired) electrons. The van der Waals surface area contributed by atoms with Crippen LogP contribution in [-0.2, 0) is 6.42 Å². The zero-order valence-electron chi connectivity index (χ0n) is 14.6. The number of quaternary nitrogens is 1. The molecule has 0 spiro atoms. The fourth-order valence-electron chi connectivity index (χ4n) is 3.85. The first-order chi connectivity index (χ1) is 12.1. The third kappa shape index (κ3) is 2.51. The van der Waals surface area contributed by atoms with Crippen molar-refractivity contribution in [2.45, 2.75) is 12.5 Å². The number of methoxy groups -OCH3 is 3. The summed E-state index contributed by atoms with van der Waals surface area (Å²) in [5, 5.41) is 12.3. The molecule has 0 aromatic heterocycles. The summed E-state index contributed by atoms with van der Waals surface area (Å²) in [6, 6.07) is 8.05. The molecule has 2 unspecified atom stereocenters. The molecule has 2 aliphatic heterocycles. The number of phenolic OH excluding ortho intramolecular Hbond substituents is 1. The molecule has 0 amide bonds. The maximum Gasteiger partial charge on any atom is 0.161 e. The molecule has 0 aliphatic carbocycles. The summed E-state index contributed by atoms with van der Waals surface area (Å²) in [4.78, 5) is 1.37. The van der Waals surface area contributed by atoms with Gasteiger partial charge in [-0.1, -0.05) is 0 Å². The van der Waals surface area contributed by atoms with Crippen molar-refractivity contribution in [2.24, 2.45) is 0 Å². The Balaban J connectivity index is 1.89. The number of fused-ring (bicyclic) bond motifs is 4. The van der Waals surface area contributed by atoms with Crippen molar-refractivity contribution in [1.29, 1.82) is 0 Å². The van der Waals surface area contributed by atoms with Gasteiger partial charge in [0.15, 0.2) is 23.0 Å². The summed E-state index contributed by atoms with van der Waals surface area (Å²) in [6.07, 6.45) is 5.44. The average molecular weight is 340 g/mol. The Bertz CT molecular complexity index is 951. The zero-order chi connectivity index (χ0) is 17.6. The number of ether oxygens (including phenoxy) is 3. The second-order valence-electron chi connectivity index (χ2n) is 6.42. The van der Waals surface area contributed by atoms with Gasteiger partial charge in [0, 0.05) is 17.2 Å². The maximum absolute atomic E-state index is 10.1. The minimum Gasteiger partial charge on any atom is -0.504 e. The van der Waals surface area contributed by atoms with Gasteiger partial charge in [0.05, 0.1) is 27.9 Å². The fourth-order valence-corrected chi connectivity index (χ4v) is 3.85. The van der Waals surface area contributed by atoms with Crippen molar-refractivity contribution in [1.82, 2.24) is 0 Å². The SMILES string of the molecule is COc1cc2c(cc1O)CC[NH+]1C=c3cc(OC)c(OC)cc3=CC21. The summed E-state index contributed by atoms with van der Waals surface area (Å²) in [5.41, 5.74) is 2.38. The molecular weight excluding hydrogens is 318 g/mol. The molecule has 2 aliphatic rings. The predicted molar refractivity (Wildman–Crippen MR) is 94.7 cm³/mol. The van der Waals surface area contributed by atoms with Crippen molar-refractivity contribution in [3.63, 3.8) is 0 Å². The van der Waals surface area contributed by atoms with Crippen molar-refractivity contribution >= 4 is 12.3 Å². The summed E-state index contributed by atoms with van der Waals surface area (Å²) in [5.74, 6) is 2.20.